The van der Waals surface area contributed by atoms with Crippen molar-refractivity contribution in [3.63, 3.8) is 0 Å². The van der Waals surface area contributed by atoms with E-state index in [-0.39, 0.29) is 23.8 Å². The van der Waals surface area contributed by atoms with Crippen LogP contribution in [0.5, 0.6) is 0 Å². The molecular formula is C12H18N2O3S. The smallest absolute Gasteiger partial charge is 0.224 e. The first-order valence-electron chi connectivity index (χ1n) is 5.79. The number of nitrogens with two attached hydrogens (primary N) is 1. The third-order valence-corrected chi connectivity index (χ3v) is 4.32. The van der Waals surface area contributed by atoms with Gasteiger partial charge in [0.05, 0.1) is 17.1 Å². The van der Waals surface area contributed by atoms with Crippen LogP contribution >= 0.6 is 0 Å². The van der Waals surface area contributed by atoms with Crippen LogP contribution in [0.1, 0.15) is 19.8 Å². The van der Waals surface area contributed by atoms with E-state index >= 15 is 0 Å². The zero-order valence-corrected chi connectivity index (χ0v) is 11.2. The summed E-state index contributed by atoms with van der Waals surface area (Å²) in [6.45, 7) is 1.60. The lowest BCUT2D eigenvalue weighted by Gasteiger charge is -2.07. The number of sulfone groups is 1. The maximum atomic E-state index is 11.6. The number of hydrogen-bond donors (Lipinski definition) is 2. The highest BCUT2D eigenvalue weighted by molar-refractivity contribution is 7.91. The molecule has 0 bridgehead atoms. The minimum Gasteiger partial charge on any atom is -0.397 e. The Kier molecular flexibility index (Phi) is 5.15. The molecule has 3 N–H and O–H groups in total. The number of carbonyl (C=O) groups is 1. The maximum Gasteiger partial charge on any atom is 0.224 e. The minimum atomic E-state index is -3.00. The van der Waals surface area contributed by atoms with Gasteiger partial charge in [-0.1, -0.05) is 19.1 Å². The van der Waals surface area contributed by atoms with Crippen LogP contribution in [0.4, 0.5) is 11.4 Å². The average molecular weight is 270 g/mol. The maximum absolute atomic E-state index is 11.6. The normalized spacial score (nSPS) is 11.2. The van der Waals surface area contributed by atoms with E-state index in [0.717, 1.165) is 0 Å². The van der Waals surface area contributed by atoms with Crippen LogP contribution in [-0.2, 0) is 14.6 Å². The third-order valence-electron chi connectivity index (χ3n) is 2.53. The molecule has 0 spiro atoms. The predicted octanol–water partition coefficient (Wildman–Crippen LogP) is 1.42. The van der Waals surface area contributed by atoms with Gasteiger partial charge in [0.15, 0.2) is 0 Å². The van der Waals surface area contributed by atoms with Gasteiger partial charge in [0.2, 0.25) is 5.91 Å². The Hall–Kier alpha value is -1.56. The average Bonchev–Trinajstić information content (AvgIpc) is 2.32. The minimum absolute atomic E-state index is 0.0428. The summed E-state index contributed by atoms with van der Waals surface area (Å²) < 4.78 is 22.5. The Morgan fingerprint density at radius 3 is 2.61 bits per heavy atom. The van der Waals surface area contributed by atoms with E-state index in [4.69, 9.17) is 5.73 Å². The highest BCUT2D eigenvalue weighted by atomic mass is 32.2. The first-order valence-corrected chi connectivity index (χ1v) is 7.61. The van der Waals surface area contributed by atoms with Crippen LogP contribution < -0.4 is 11.1 Å². The zero-order chi connectivity index (χ0) is 13.6. The number of nitrogens with one attached hydrogen (secondary N) is 1. The van der Waals surface area contributed by atoms with E-state index in [2.05, 4.69) is 5.32 Å². The fourth-order valence-corrected chi connectivity index (χ4v) is 2.29. The molecule has 0 aliphatic heterocycles. The topological polar surface area (TPSA) is 89.3 Å². The quantitative estimate of drug-likeness (QED) is 0.765. The van der Waals surface area contributed by atoms with Crippen molar-refractivity contribution in [1.29, 1.82) is 0 Å². The molecule has 0 saturated heterocycles. The molecule has 1 amide bonds. The molecule has 0 heterocycles. The van der Waals surface area contributed by atoms with Crippen LogP contribution in [0, 0.1) is 0 Å². The molecule has 0 unspecified atom stereocenters. The molecule has 0 atom stereocenters. The van der Waals surface area contributed by atoms with Crippen molar-refractivity contribution in [3.05, 3.63) is 24.3 Å². The van der Waals surface area contributed by atoms with Gasteiger partial charge in [0.1, 0.15) is 9.84 Å². The lowest BCUT2D eigenvalue weighted by Crippen LogP contribution is -2.15. The first-order chi connectivity index (χ1) is 8.44. The van der Waals surface area contributed by atoms with Crippen LogP contribution in [0.25, 0.3) is 0 Å². The summed E-state index contributed by atoms with van der Waals surface area (Å²) in [4.78, 5) is 11.6. The van der Waals surface area contributed by atoms with Gasteiger partial charge in [-0.05, 0) is 18.6 Å². The Balaban J connectivity index is 2.42. The van der Waals surface area contributed by atoms with Crippen LogP contribution in [0.2, 0.25) is 0 Å². The van der Waals surface area contributed by atoms with Crippen molar-refractivity contribution in [2.45, 2.75) is 19.8 Å². The largest absolute Gasteiger partial charge is 0.397 e. The van der Waals surface area contributed by atoms with Gasteiger partial charge < -0.3 is 11.1 Å². The molecule has 0 radical (unpaired) electrons. The van der Waals surface area contributed by atoms with Crippen molar-refractivity contribution in [2.24, 2.45) is 0 Å². The second-order valence-electron chi connectivity index (χ2n) is 3.98. The summed E-state index contributed by atoms with van der Waals surface area (Å²) >= 11 is 0. The van der Waals surface area contributed by atoms with E-state index < -0.39 is 9.84 Å². The second kappa shape index (κ2) is 6.39. The van der Waals surface area contributed by atoms with Crippen molar-refractivity contribution in [1.82, 2.24) is 0 Å². The molecule has 0 aliphatic rings. The molecule has 100 valence electrons. The molecule has 0 aliphatic carbocycles. The summed E-state index contributed by atoms with van der Waals surface area (Å²) in [6, 6.07) is 6.94. The number of carbonyl (C=O) groups excluding carboxylic acids is 1. The van der Waals surface area contributed by atoms with E-state index in [1.807, 2.05) is 0 Å². The Labute approximate surface area is 107 Å². The Morgan fingerprint density at radius 1 is 1.33 bits per heavy atom. The first kappa shape index (κ1) is 14.5. The fourth-order valence-electron chi connectivity index (χ4n) is 1.42. The molecule has 0 saturated carbocycles. The molecule has 1 aromatic carbocycles. The SMILES string of the molecule is CCS(=O)(=O)CCCC(=O)Nc1ccccc1N. The molecule has 1 rings (SSSR count). The molecular weight excluding hydrogens is 252 g/mol. The highest BCUT2D eigenvalue weighted by Crippen LogP contribution is 2.16. The van der Waals surface area contributed by atoms with E-state index in [9.17, 15) is 13.2 Å². The summed E-state index contributed by atoms with van der Waals surface area (Å²) in [7, 11) is -3.00. The zero-order valence-electron chi connectivity index (χ0n) is 10.3. The van der Waals surface area contributed by atoms with Crippen molar-refractivity contribution >= 4 is 27.1 Å². The molecule has 0 fully saturated rings. The van der Waals surface area contributed by atoms with E-state index in [1.165, 1.54) is 0 Å². The van der Waals surface area contributed by atoms with E-state index in [1.54, 1.807) is 31.2 Å². The van der Waals surface area contributed by atoms with Crippen molar-refractivity contribution in [3.8, 4) is 0 Å². The van der Waals surface area contributed by atoms with Crippen LogP contribution in [0.15, 0.2) is 24.3 Å². The van der Waals surface area contributed by atoms with Gasteiger partial charge >= 0.3 is 0 Å². The van der Waals surface area contributed by atoms with Crippen LogP contribution in [0.3, 0.4) is 0 Å². The van der Waals surface area contributed by atoms with Crippen molar-refractivity contribution in [2.75, 3.05) is 22.6 Å². The Bertz CT molecular complexity index is 512. The molecule has 0 aromatic heterocycles. The van der Waals surface area contributed by atoms with Gasteiger partial charge in [-0.15, -0.1) is 0 Å². The number of benzene rings is 1. The molecule has 6 heteroatoms. The van der Waals surface area contributed by atoms with Gasteiger partial charge in [-0.25, -0.2) is 8.42 Å². The van der Waals surface area contributed by atoms with Crippen LogP contribution in [-0.4, -0.2) is 25.8 Å². The highest BCUT2D eigenvalue weighted by Gasteiger charge is 2.09. The number of nitrogen functional groups attached to an aromatic ring is 1. The van der Waals surface area contributed by atoms with Gasteiger partial charge in [0.25, 0.3) is 0 Å². The van der Waals surface area contributed by atoms with Crippen molar-refractivity contribution < 1.29 is 13.2 Å². The number of hydrogen-bond acceptors (Lipinski definition) is 4. The summed E-state index contributed by atoms with van der Waals surface area (Å²) in [5, 5.41) is 2.66. The Morgan fingerprint density at radius 2 is 2.00 bits per heavy atom. The number of para-hydroxylation sites is 2. The molecule has 18 heavy (non-hydrogen) atoms. The summed E-state index contributed by atoms with van der Waals surface area (Å²) in [6.07, 6.45) is 0.502. The molecule has 5 nitrogen and oxygen atoms in total. The fraction of sp³-hybridized carbons (Fsp3) is 0.417. The van der Waals surface area contributed by atoms with Gasteiger partial charge in [-0.3, -0.25) is 4.79 Å². The second-order valence-corrected chi connectivity index (χ2v) is 6.45. The lowest BCUT2D eigenvalue weighted by atomic mass is 10.2. The van der Waals surface area contributed by atoms with Gasteiger partial charge in [-0.2, -0.15) is 0 Å². The number of amides is 1. The number of rotatable bonds is 6. The third kappa shape index (κ3) is 4.75. The summed E-state index contributed by atoms with van der Waals surface area (Å²) in [5.41, 5.74) is 6.73. The van der Waals surface area contributed by atoms with Gasteiger partial charge in [0, 0.05) is 12.2 Å². The lowest BCUT2D eigenvalue weighted by molar-refractivity contribution is -0.116. The standard InChI is InChI=1S/C12H18N2O3S/c1-2-18(16,17)9-5-8-12(15)14-11-7-4-3-6-10(11)13/h3-4,6-7H,2,5,8-9,13H2,1H3,(H,14,15). The van der Waals surface area contributed by atoms with E-state index in [0.29, 0.717) is 17.8 Å². The monoisotopic (exact) mass is 270 g/mol. The molecule has 1 aromatic rings. The summed E-state index contributed by atoms with van der Waals surface area (Å²) in [5.74, 6) is -0.0687. The number of anilines is 2. The predicted molar refractivity (Wildman–Crippen MR) is 73.0 cm³/mol.